The van der Waals surface area contributed by atoms with Crippen molar-refractivity contribution in [1.82, 2.24) is 9.55 Å². The Morgan fingerprint density at radius 3 is 2.18 bits per heavy atom. The fraction of sp³-hybridized carbons (Fsp3) is 0.625. The summed E-state index contributed by atoms with van der Waals surface area (Å²) in [5.41, 5.74) is 2.49. The molecule has 3 heteroatoms. The van der Waals surface area contributed by atoms with Gasteiger partial charge in [-0.05, 0) is 25.1 Å². The van der Waals surface area contributed by atoms with Crippen LogP contribution in [0.4, 0.5) is 0 Å². The number of hydrogen-bond acceptors (Lipinski definition) is 1. The lowest BCUT2D eigenvalue weighted by molar-refractivity contribution is 0.806. The molecule has 0 saturated carbocycles. The molecule has 2 nitrogen and oxygen atoms in total. The monoisotopic (exact) mass is 170 g/mol. The predicted molar refractivity (Wildman–Crippen MR) is 49.4 cm³/mol. The molecule has 0 aliphatic heterocycles. The number of H-pyrrole nitrogens is 1. The molecule has 0 fully saturated rings. The second-order valence-corrected chi connectivity index (χ2v) is 3.53. The van der Waals surface area contributed by atoms with E-state index >= 15 is 0 Å². The zero-order valence-electron chi connectivity index (χ0n) is 7.43. The van der Waals surface area contributed by atoms with Gasteiger partial charge < -0.3 is 9.55 Å². The van der Waals surface area contributed by atoms with E-state index in [0.717, 1.165) is 4.77 Å². The van der Waals surface area contributed by atoms with Crippen LogP contribution in [0.1, 0.15) is 31.2 Å². The lowest BCUT2D eigenvalue weighted by atomic mass is 10.1. The molecule has 1 N–H and O–H groups in total. The first-order chi connectivity index (χ1) is 5.04. The Balaban J connectivity index is 3.30. The van der Waals surface area contributed by atoms with E-state index < -0.39 is 0 Å². The van der Waals surface area contributed by atoms with Crippen LogP contribution in [0.2, 0.25) is 0 Å². The smallest absolute Gasteiger partial charge is 0.177 e. The first-order valence-electron chi connectivity index (χ1n) is 3.79. The summed E-state index contributed by atoms with van der Waals surface area (Å²) in [7, 11) is 1.99. The zero-order valence-corrected chi connectivity index (χ0v) is 8.25. The molecule has 0 unspecified atom stereocenters. The van der Waals surface area contributed by atoms with Gasteiger partial charge in [-0.2, -0.15) is 0 Å². The maximum Gasteiger partial charge on any atom is 0.177 e. The summed E-state index contributed by atoms with van der Waals surface area (Å²) in [6, 6.07) is 0. The summed E-state index contributed by atoms with van der Waals surface area (Å²) in [6.07, 6.45) is 0. The minimum Gasteiger partial charge on any atom is -0.334 e. The highest BCUT2D eigenvalue weighted by Gasteiger charge is 2.07. The lowest BCUT2D eigenvalue weighted by Crippen LogP contribution is -1.94. The second-order valence-electron chi connectivity index (χ2n) is 3.14. The van der Waals surface area contributed by atoms with Crippen molar-refractivity contribution in [2.75, 3.05) is 0 Å². The van der Waals surface area contributed by atoms with E-state index in [9.17, 15) is 0 Å². The number of rotatable bonds is 1. The third kappa shape index (κ3) is 1.38. The highest BCUT2D eigenvalue weighted by Crippen LogP contribution is 2.16. The van der Waals surface area contributed by atoms with Crippen molar-refractivity contribution in [3.8, 4) is 0 Å². The van der Waals surface area contributed by atoms with Crippen LogP contribution in [-0.4, -0.2) is 9.55 Å². The molecule has 0 aliphatic rings. The molecular formula is C8H14N2S. The fourth-order valence-electron chi connectivity index (χ4n) is 1.18. The van der Waals surface area contributed by atoms with Gasteiger partial charge in [0.05, 0.1) is 0 Å². The van der Waals surface area contributed by atoms with Crippen LogP contribution in [0.25, 0.3) is 0 Å². The Morgan fingerprint density at radius 1 is 1.45 bits per heavy atom. The van der Waals surface area contributed by atoms with E-state index in [4.69, 9.17) is 12.2 Å². The summed E-state index contributed by atoms with van der Waals surface area (Å²) in [4.78, 5) is 3.19. The summed E-state index contributed by atoms with van der Waals surface area (Å²) >= 11 is 5.09. The molecule has 0 aliphatic carbocycles. The maximum absolute atomic E-state index is 5.09. The zero-order chi connectivity index (χ0) is 8.59. The van der Waals surface area contributed by atoms with Gasteiger partial charge in [-0.25, -0.2) is 0 Å². The van der Waals surface area contributed by atoms with Gasteiger partial charge in [0.2, 0.25) is 0 Å². The number of imidazole rings is 1. The van der Waals surface area contributed by atoms with E-state index in [-0.39, 0.29) is 0 Å². The normalized spacial score (nSPS) is 11.0. The van der Waals surface area contributed by atoms with Gasteiger partial charge in [0.25, 0.3) is 0 Å². The van der Waals surface area contributed by atoms with Crippen molar-refractivity contribution in [2.45, 2.75) is 26.7 Å². The van der Waals surface area contributed by atoms with Crippen molar-refractivity contribution in [3.63, 3.8) is 0 Å². The van der Waals surface area contributed by atoms with E-state index in [1.807, 2.05) is 11.6 Å². The number of nitrogens with zero attached hydrogens (tertiary/aromatic N) is 1. The Labute approximate surface area is 72.3 Å². The third-order valence-corrected chi connectivity index (χ3v) is 2.39. The minimum atomic E-state index is 0.526. The summed E-state index contributed by atoms with van der Waals surface area (Å²) in [5, 5.41) is 0. The fourth-order valence-corrected chi connectivity index (χ4v) is 1.43. The number of aromatic amines is 1. The minimum absolute atomic E-state index is 0.526. The number of nitrogens with one attached hydrogen (secondary N) is 1. The van der Waals surface area contributed by atoms with E-state index in [1.54, 1.807) is 0 Å². The van der Waals surface area contributed by atoms with Crippen LogP contribution in [-0.2, 0) is 7.05 Å². The summed E-state index contributed by atoms with van der Waals surface area (Å²) in [6.45, 7) is 6.41. The van der Waals surface area contributed by atoms with Gasteiger partial charge in [0.15, 0.2) is 4.77 Å². The molecule has 62 valence electrons. The summed E-state index contributed by atoms with van der Waals surface area (Å²) in [5.74, 6) is 0.526. The molecule has 1 rings (SSSR count). The molecule has 0 aromatic carbocycles. The SMILES string of the molecule is Cc1c(C(C)C)[nH]c(=S)n1C. The second kappa shape index (κ2) is 2.81. The van der Waals surface area contributed by atoms with Crippen LogP contribution in [0.3, 0.4) is 0 Å². The Bertz CT molecular complexity index is 306. The molecule has 0 spiro atoms. The molecule has 0 amide bonds. The predicted octanol–water partition coefficient (Wildman–Crippen LogP) is 2.51. The van der Waals surface area contributed by atoms with Crippen LogP contribution in [0, 0.1) is 11.7 Å². The van der Waals surface area contributed by atoms with Gasteiger partial charge in [0.1, 0.15) is 0 Å². The summed E-state index contributed by atoms with van der Waals surface area (Å²) < 4.78 is 2.82. The van der Waals surface area contributed by atoms with Crippen LogP contribution >= 0.6 is 12.2 Å². The average molecular weight is 170 g/mol. The Kier molecular flexibility index (Phi) is 2.18. The molecule has 0 radical (unpaired) electrons. The lowest BCUT2D eigenvalue weighted by Gasteiger charge is -2.02. The topological polar surface area (TPSA) is 20.7 Å². The molecule has 0 atom stereocenters. The first kappa shape index (κ1) is 8.53. The molecular weight excluding hydrogens is 156 g/mol. The van der Waals surface area contributed by atoms with Crippen molar-refractivity contribution < 1.29 is 0 Å². The Hall–Kier alpha value is -0.570. The van der Waals surface area contributed by atoms with Crippen molar-refractivity contribution in [2.24, 2.45) is 7.05 Å². The highest BCUT2D eigenvalue weighted by atomic mass is 32.1. The van der Waals surface area contributed by atoms with Gasteiger partial charge in [-0.1, -0.05) is 13.8 Å². The van der Waals surface area contributed by atoms with Crippen LogP contribution in [0.15, 0.2) is 0 Å². The van der Waals surface area contributed by atoms with E-state index in [0.29, 0.717) is 5.92 Å². The highest BCUT2D eigenvalue weighted by molar-refractivity contribution is 7.71. The van der Waals surface area contributed by atoms with Crippen LogP contribution < -0.4 is 0 Å². The quantitative estimate of drug-likeness (QED) is 0.642. The molecule has 1 aromatic rings. The Morgan fingerprint density at radius 2 is 2.00 bits per heavy atom. The number of hydrogen-bond donors (Lipinski definition) is 1. The molecule has 11 heavy (non-hydrogen) atoms. The molecule has 0 bridgehead atoms. The van der Waals surface area contributed by atoms with Gasteiger partial charge >= 0.3 is 0 Å². The van der Waals surface area contributed by atoms with Gasteiger partial charge in [-0.3, -0.25) is 0 Å². The molecule has 0 saturated heterocycles. The molecule has 1 heterocycles. The third-order valence-electron chi connectivity index (χ3n) is 2.02. The maximum atomic E-state index is 5.09. The number of aromatic nitrogens is 2. The largest absolute Gasteiger partial charge is 0.334 e. The van der Waals surface area contributed by atoms with Gasteiger partial charge in [-0.15, -0.1) is 0 Å². The van der Waals surface area contributed by atoms with E-state index in [2.05, 4.69) is 25.8 Å². The van der Waals surface area contributed by atoms with Crippen molar-refractivity contribution >= 4 is 12.2 Å². The van der Waals surface area contributed by atoms with Gasteiger partial charge in [0, 0.05) is 18.4 Å². The van der Waals surface area contributed by atoms with Crippen LogP contribution in [0.5, 0.6) is 0 Å². The van der Waals surface area contributed by atoms with Crippen molar-refractivity contribution in [3.05, 3.63) is 16.2 Å². The standard InChI is InChI=1S/C8H14N2S/c1-5(2)7-6(3)10(4)8(11)9-7/h5H,1-4H3,(H,9,11). The average Bonchev–Trinajstić information content (AvgIpc) is 2.17. The van der Waals surface area contributed by atoms with E-state index in [1.165, 1.54) is 11.4 Å². The molecule has 1 aromatic heterocycles. The van der Waals surface area contributed by atoms with Crippen molar-refractivity contribution in [1.29, 1.82) is 0 Å². The first-order valence-corrected chi connectivity index (χ1v) is 4.20.